The highest BCUT2D eigenvalue weighted by molar-refractivity contribution is 5.36. The van der Waals surface area contributed by atoms with E-state index in [1.807, 2.05) is 0 Å². The Kier molecular flexibility index (Phi) is 7.04. The highest BCUT2D eigenvalue weighted by atomic mass is 16.5. The van der Waals surface area contributed by atoms with Crippen LogP contribution in [0.25, 0.3) is 0 Å². The first kappa shape index (κ1) is 16.3. The molecule has 0 amide bonds. The molecular weight excluding hydrogens is 262 g/mol. The zero-order valence-electron chi connectivity index (χ0n) is 13.4. The van der Waals surface area contributed by atoms with Crippen molar-refractivity contribution in [2.75, 3.05) is 19.8 Å². The first-order valence-corrected chi connectivity index (χ1v) is 8.41. The molecule has 0 radical (unpaired) electrons. The number of hydrogen-bond donors (Lipinski definition) is 1. The second kappa shape index (κ2) is 9.06. The van der Waals surface area contributed by atoms with Crippen LogP contribution < -0.4 is 10.1 Å². The van der Waals surface area contributed by atoms with Crippen molar-refractivity contribution in [2.24, 2.45) is 0 Å². The van der Waals surface area contributed by atoms with Crippen LogP contribution in [0.4, 0.5) is 0 Å². The van der Waals surface area contributed by atoms with Gasteiger partial charge in [-0.2, -0.15) is 0 Å². The molecule has 1 N–H and O–H groups in total. The van der Waals surface area contributed by atoms with Gasteiger partial charge in [0.15, 0.2) is 0 Å². The smallest absolute Gasteiger partial charge is 0.124 e. The highest BCUT2D eigenvalue weighted by Crippen LogP contribution is 2.31. The Morgan fingerprint density at radius 2 is 2.14 bits per heavy atom. The molecular formula is C18H29NO2. The van der Waals surface area contributed by atoms with Gasteiger partial charge in [-0.3, -0.25) is 0 Å². The predicted octanol–water partition coefficient (Wildman–Crippen LogP) is 4.09. The summed E-state index contributed by atoms with van der Waals surface area (Å²) in [5, 5.41) is 3.67. The van der Waals surface area contributed by atoms with E-state index < -0.39 is 0 Å². The third-order valence-corrected chi connectivity index (χ3v) is 3.92. The van der Waals surface area contributed by atoms with Crippen LogP contribution >= 0.6 is 0 Å². The molecule has 0 aliphatic carbocycles. The first-order valence-electron chi connectivity index (χ1n) is 8.41. The third kappa shape index (κ3) is 5.01. The second-order valence-corrected chi connectivity index (χ2v) is 5.76. The van der Waals surface area contributed by atoms with Gasteiger partial charge >= 0.3 is 0 Å². The van der Waals surface area contributed by atoms with Crippen molar-refractivity contribution in [1.82, 2.24) is 5.32 Å². The normalized spacial score (nSPS) is 19.6. The summed E-state index contributed by atoms with van der Waals surface area (Å²) in [5.74, 6) is 1.02. The maximum atomic E-state index is 5.93. The lowest BCUT2D eigenvalue weighted by Gasteiger charge is -2.24. The van der Waals surface area contributed by atoms with Crippen molar-refractivity contribution in [3.63, 3.8) is 0 Å². The monoisotopic (exact) mass is 291 g/mol. The molecule has 21 heavy (non-hydrogen) atoms. The molecule has 3 nitrogen and oxygen atoms in total. The van der Waals surface area contributed by atoms with Gasteiger partial charge in [-0.25, -0.2) is 0 Å². The quantitative estimate of drug-likeness (QED) is 0.743. The minimum atomic E-state index is 0.320. The lowest BCUT2D eigenvalue weighted by atomic mass is 9.98. The molecule has 0 saturated carbocycles. The van der Waals surface area contributed by atoms with Gasteiger partial charge in [0.2, 0.25) is 0 Å². The molecule has 0 aromatic heterocycles. The van der Waals surface area contributed by atoms with E-state index in [2.05, 4.69) is 43.4 Å². The van der Waals surface area contributed by atoms with Crippen molar-refractivity contribution in [3.05, 3.63) is 29.8 Å². The summed E-state index contributed by atoms with van der Waals surface area (Å²) >= 11 is 0. The molecule has 1 saturated heterocycles. The van der Waals surface area contributed by atoms with Crippen LogP contribution in [0.2, 0.25) is 0 Å². The fourth-order valence-electron chi connectivity index (χ4n) is 2.84. The minimum Gasteiger partial charge on any atom is -0.493 e. The lowest BCUT2D eigenvalue weighted by molar-refractivity contribution is 0.0942. The average Bonchev–Trinajstić information content (AvgIpc) is 3.03. The van der Waals surface area contributed by atoms with Crippen LogP contribution in [0, 0.1) is 0 Å². The molecule has 1 aliphatic rings. The van der Waals surface area contributed by atoms with Crippen molar-refractivity contribution in [3.8, 4) is 5.75 Å². The summed E-state index contributed by atoms with van der Waals surface area (Å²) in [6, 6.07) is 8.75. The summed E-state index contributed by atoms with van der Waals surface area (Å²) in [5.41, 5.74) is 1.27. The van der Waals surface area contributed by atoms with Gasteiger partial charge in [0.25, 0.3) is 0 Å². The molecule has 1 fully saturated rings. The molecule has 0 spiro atoms. The molecule has 0 bridgehead atoms. The van der Waals surface area contributed by atoms with Crippen molar-refractivity contribution >= 4 is 0 Å². The number of para-hydroxylation sites is 1. The van der Waals surface area contributed by atoms with E-state index in [0.29, 0.717) is 12.1 Å². The number of nitrogens with one attached hydrogen (secondary N) is 1. The molecule has 1 aromatic rings. The van der Waals surface area contributed by atoms with Gasteiger partial charge in [0.1, 0.15) is 5.75 Å². The first-order chi connectivity index (χ1) is 10.3. The lowest BCUT2D eigenvalue weighted by Crippen LogP contribution is -2.26. The molecule has 3 heteroatoms. The fourth-order valence-corrected chi connectivity index (χ4v) is 2.84. The Hall–Kier alpha value is -1.06. The Morgan fingerprint density at radius 3 is 2.86 bits per heavy atom. The van der Waals surface area contributed by atoms with E-state index >= 15 is 0 Å². The van der Waals surface area contributed by atoms with Crippen molar-refractivity contribution in [1.29, 1.82) is 0 Å². The summed E-state index contributed by atoms with van der Waals surface area (Å²) in [6.45, 7) is 7.06. The topological polar surface area (TPSA) is 30.5 Å². The standard InChI is InChI=1S/C18H29NO2/c1-3-11-19-17(14-15-8-7-13-20-15)16-9-5-6-10-18(16)21-12-4-2/h5-6,9-10,15,17,19H,3-4,7-8,11-14H2,1-2H3. The minimum absolute atomic E-state index is 0.320. The van der Waals surface area contributed by atoms with Gasteiger partial charge in [-0.15, -0.1) is 0 Å². The van der Waals surface area contributed by atoms with Crippen LogP contribution in [0.3, 0.4) is 0 Å². The van der Waals surface area contributed by atoms with Gasteiger partial charge < -0.3 is 14.8 Å². The number of benzene rings is 1. The molecule has 1 aliphatic heterocycles. The summed E-state index contributed by atoms with van der Waals surface area (Å²) in [7, 11) is 0. The fraction of sp³-hybridized carbons (Fsp3) is 0.667. The number of hydrogen-bond acceptors (Lipinski definition) is 3. The Morgan fingerprint density at radius 1 is 1.29 bits per heavy atom. The van der Waals surface area contributed by atoms with E-state index in [9.17, 15) is 0 Å². The van der Waals surface area contributed by atoms with Gasteiger partial charge in [-0.05, 0) is 44.7 Å². The van der Waals surface area contributed by atoms with Crippen LogP contribution in [0.15, 0.2) is 24.3 Å². The maximum absolute atomic E-state index is 5.93. The number of ether oxygens (including phenoxy) is 2. The van der Waals surface area contributed by atoms with Crippen LogP contribution in [-0.2, 0) is 4.74 Å². The number of rotatable bonds is 9. The second-order valence-electron chi connectivity index (χ2n) is 5.76. The zero-order valence-corrected chi connectivity index (χ0v) is 13.4. The van der Waals surface area contributed by atoms with Gasteiger partial charge in [0.05, 0.1) is 12.7 Å². The third-order valence-electron chi connectivity index (χ3n) is 3.92. The largest absolute Gasteiger partial charge is 0.493 e. The molecule has 1 aromatic carbocycles. The Labute approximate surface area is 129 Å². The summed E-state index contributed by atoms with van der Waals surface area (Å²) < 4.78 is 11.8. The molecule has 2 atom stereocenters. The van der Waals surface area contributed by atoms with E-state index in [4.69, 9.17) is 9.47 Å². The maximum Gasteiger partial charge on any atom is 0.124 e. The molecule has 1 heterocycles. The summed E-state index contributed by atoms with van der Waals surface area (Å²) in [4.78, 5) is 0. The predicted molar refractivity (Wildman–Crippen MR) is 86.9 cm³/mol. The van der Waals surface area contributed by atoms with E-state index in [-0.39, 0.29) is 0 Å². The SMILES string of the molecule is CCCNC(CC1CCCO1)c1ccccc1OCCC. The van der Waals surface area contributed by atoms with Gasteiger partial charge in [-0.1, -0.05) is 32.0 Å². The van der Waals surface area contributed by atoms with Crippen LogP contribution in [0.1, 0.15) is 57.6 Å². The van der Waals surface area contributed by atoms with Gasteiger partial charge in [0, 0.05) is 18.2 Å². The van der Waals surface area contributed by atoms with Crippen molar-refractivity contribution < 1.29 is 9.47 Å². The highest BCUT2D eigenvalue weighted by Gasteiger charge is 2.23. The van der Waals surface area contributed by atoms with E-state index in [0.717, 1.165) is 44.8 Å². The zero-order chi connectivity index (χ0) is 14.9. The molecule has 2 unspecified atom stereocenters. The van der Waals surface area contributed by atoms with E-state index in [1.165, 1.54) is 18.4 Å². The molecule has 2 rings (SSSR count). The van der Waals surface area contributed by atoms with E-state index in [1.54, 1.807) is 0 Å². The summed E-state index contributed by atoms with van der Waals surface area (Å²) in [6.07, 6.45) is 5.97. The molecule has 118 valence electrons. The van der Waals surface area contributed by atoms with Crippen molar-refractivity contribution in [2.45, 2.75) is 58.1 Å². The Balaban J connectivity index is 2.10. The Bertz CT molecular complexity index is 402. The van der Waals surface area contributed by atoms with Crippen LogP contribution in [0.5, 0.6) is 5.75 Å². The average molecular weight is 291 g/mol. The van der Waals surface area contributed by atoms with Crippen LogP contribution in [-0.4, -0.2) is 25.9 Å².